The highest BCUT2D eigenvalue weighted by atomic mass is 35.5. The Labute approximate surface area is 108 Å². The topological polar surface area (TPSA) is 67.4 Å². The molecule has 0 radical (unpaired) electrons. The predicted octanol–water partition coefficient (Wildman–Crippen LogP) is 0.477. The second kappa shape index (κ2) is 9.24. The molecule has 5 nitrogen and oxygen atoms in total. The van der Waals surface area contributed by atoms with Gasteiger partial charge < -0.3 is 15.4 Å². The monoisotopic (exact) mass is 264 g/mol. The Kier molecular flexibility index (Phi) is 8.80. The molecular formula is C11H21ClN2O3. The van der Waals surface area contributed by atoms with Gasteiger partial charge in [-0.15, -0.1) is 12.4 Å². The lowest BCUT2D eigenvalue weighted by atomic mass is 10.3. The number of carbonyl (C=O) groups excluding carboxylic acids is 2. The average molecular weight is 265 g/mol. The lowest BCUT2D eigenvalue weighted by Gasteiger charge is -2.05. The Morgan fingerprint density at radius 1 is 1.35 bits per heavy atom. The van der Waals surface area contributed by atoms with Crippen molar-refractivity contribution >= 4 is 24.3 Å². The summed E-state index contributed by atoms with van der Waals surface area (Å²) in [6.45, 7) is 1.84. The Morgan fingerprint density at radius 2 is 2.06 bits per heavy atom. The number of methoxy groups -OCH3 is 1. The van der Waals surface area contributed by atoms with Crippen molar-refractivity contribution in [3.05, 3.63) is 0 Å². The van der Waals surface area contributed by atoms with Gasteiger partial charge in [-0.05, 0) is 31.7 Å². The van der Waals surface area contributed by atoms with Gasteiger partial charge in [-0.3, -0.25) is 9.59 Å². The number of halogens is 1. The highest BCUT2D eigenvalue weighted by Crippen LogP contribution is 2.27. The molecule has 0 aromatic carbocycles. The van der Waals surface area contributed by atoms with E-state index in [2.05, 4.69) is 15.4 Å². The number of carbonyl (C=O) groups is 2. The fourth-order valence-electron chi connectivity index (χ4n) is 1.34. The lowest BCUT2D eigenvalue weighted by molar-refractivity contribution is -0.140. The number of hydrogen-bond donors (Lipinski definition) is 2. The van der Waals surface area contributed by atoms with Gasteiger partial charge in [0.2, 0.25) is 5.91 Å². The predicted molar refractivity (Wildman–Crippen MR) is 67.1 cm³/mol. The summed E-state index contributed by atoms with van der Waals surface area (Å²) < 4.78 is 4.49. The summed E-state index contributed by atoms with van der Waals surface area (Å²) in [4.78, 5) is 22.0. The molecule has 100 valence electrons. The van der Waals surface area contributed by atoms with Crippen LogP contribution in [0.2, 0.25) is 0 Å². The maximum Gasteiger partial charge on any atom is 0.305 e. The molecule has 0 aromatic rings. The van der Waals surface area contributed by atoms with E-state index in [0.29, 0.717) is 25.9 Å². The molecular weight excluding hydrogens is 244 g/mol. The van der Waals surface area contributed by atoms with Crippen molar-refractivity contribution in [1.82, 2.24) is 10.6 Å². The van der Waals surface area contributed by atoms with Crippen molar-refractivity contribution in [2.75, 3.05) is 26.7 Å². The Hall–Kier alpha value is -0.810. The van der Waals surface area contributed by atoms with Crippen LogP contribution in [0.3, 0.4) is 0 Å². The minimum absolute atomic E-state index is 0. The largest absolute Gasteiger partial charge is 0.469 e. The number of amides is 1. The van der Waals surface area contributed by atoms with Crippen LogP contribution in [0.5, 0.6) is 0 Å². The van der Waals surface area contributed by atoms with Crippen molar-refractivity contribution in [2.24, 2.45) is 5.92 Å². The van der Waals surface area contributed by atoms with Crippen molar-refractivity contribution in [3.8, 4) is 0 Å². The van der Waals surface area contributed by atoms with Gasteiger partial charge in [-0.1, -0.05) is 0 Å². The van der Waals surface area contributed by atoms with Crippen LogP contribution in [0.25, 0.3) is 0 Å². The Bertz CT molecular complexity index is 245. The maximum atomic E-state index is 11.3. The third-order valence-corrected chi connectivity index (χ3v) is 2.52. The first kappa shape index (κ1) is 16.2. The molecule has 1 rings (SSSR count). The summed E-state index contributed by atoms with van der Waals surface area (Å²) in [5.74, 6) is 0.541. The molecule has 1 aliphatic carbocycles. The molecule has 0 atom stereocenters. The van der Waals surface area contributed by atoms with Crippen molar-refractivity contribution < 1.29 is 14.3 Å². The Balaban J connectivity index is 0.00000256. The lowest BCUT2D eigenvalue weighted by Crippen LogP contribution is -2.35. The molecule has 0 saturated heterocycles. The Morgan fingerprint density at radius 3 is 2.65 bits per heavy atom. The number of esters is 1. The summed E-state index contributed by atoms with van der Waals surface area (Å²) >= 11 is 0. The van der Waals surface area contributed by atoms with Gasteiger partial charge in [0.1, 0.15) is 0 Å². The van der Waals surface area contributed by atoms with Gasteiger partial charge in [0.15, 0.2) is 0 Å². The second-order valence-electron chi connectivity index (χ2n) is 4.10. The average Bonchev–Trinajstić information content (AvgIpc) is 3.08. The fourth-order valence-corrected chi connectivity index (χ4v) is 1.34. The fraction of sp³-hybridized carbons (Fsp3) is 0.818. The molecule has 0 aromatic heterocycles. The van der Waals surface area contributed by atoms with Gasteiger partial charge in [-0.2, -0.15) is 0 Å². The molecule has 6 heteroatoms. The molecule has 17 heavy (non-hydrogen) atoms. The minimum Gasteiger partial charge on any atom is -0.469 e. The van der Waals surface area contributed by atoms with Crippen LogP contribution in [0.15, 0.2) is 0 Å². The van der Waals surface area contributed by atoms with Gasteiger partial charge in [0.05, 0.1) is 13.7 Å². The van der Waals surface area contributed by atoms with E-state index in [0.717, 1.165) is 12.5 Å². The summed E-state index contributed by atoms with van der Waals surface area (Å²) in [7, 11) is 1.36. The van der Waals surface area contributed by atoms with Crippen LogP contribution in [0, 0.1) is 5.92 Å². The molecule has 0 bridgehead atoms. The van der Waals surface area contributed by atoms with Gasteiger partial charge in [-0.25, -0.2) is 0 Å². The highest BCUT2D eigenvalue weighted by Gasteiger charge is 2.20. The number of rotatable bonds is 8. The smallest absolute Gasteiger partial charge is 0.305 e. The van der Waals surface area contributed by atoms with E-state index in [9.17, 15) is 9.59 Å². The molecule has 1 saturated carbocycles. The second-order valence-corrected chi connectivity index (χ2v) is 4.10. The molecule has 1 aliphatic rings. The van der Waals surface area contributed by atoms with Gasteiger partial charge in [0.25, 0.3) is 0 Å². The first-order chi connectivity index (χ1) is 7.72. The van der Waals surface area contributed by atoms with E-state index >= 15 is 0 Å². The SMILES string of the molecule is COC(=O)CCCNC(=O)CNCC1CC1.Cl. The zero-order valence-corrected chi connectivity index (χ0v) is 11.0. The molecule has 0 heterocycles. The van der Waals surface area contributed by atoms with Crippen LogP contribution in [-0.4, -0.2) is 38.6 Å². The van der Waals surface area contributed by atoms with E-state index in [1.165, 1.54) is 20.0 Å². The van der Waals surface area contributed by atoms with Crippen LogP contribution in [-0.2, 0) is 14.3 Å². The summed E-state index contributed by atoms with van der Waals surface area (Å²) in [5.41, 5.74) is 0. The van der Waals surface area contributed by atoms with Crippen molar-refractivity contribution in [1.29, 1.82) is 0 Å². The number of hydrogen-bond acceptors (Lipinski definition) is 4. The van der Waals surface area contributed by atoms with Crippen LogP contribution in [0.1, 0.15) is 25.7 Å². The van der Waals surface area contributed by atoms with E-state index < -0.39 is 0 Å². The third kappa shape index (κ3) is 8.94. The van der Waals surface area contributed by atoms with Crippen molar-refractivity contribution in [3.63, 3.8) is 0 Å². The van der Waals surface area contributed by atoms with E-state index in [1.54, 1.807) is 0 Å². The number of ether oxygens (including phenoxy) is 1. The summed E-state index contributed by atoms with van der Waals surface area (Å²) in [5, 5.41) is 5.85. The number of nitrogens with one attached hydrogen (secondary N) is 2. The zero-order chi connectivity index (χ0) is 11.8. The molecule has 2 N–H and O–H groups in total. The summed E-state index contributed by atoms with van der Waals surface area (Å²) in [6.07, 6.45) is 3.55. The van der Waals surface area contributed by atoms with E-state index in [1.807, 2.05) is 0 Å². The summed E-state index contributed by atoms with van der Waals surface area (Å²) in [6, 6.07) is 0. The van der Waals surface area contributed by atoms with Crippen LogP contribution < -0.4 is 10.6 Å². The van der Waals surface area contributed by atoms with E-state index in [4.69, 9.17) is 0 Å². The standard InChI is InChI=1S/C11H20N2O3.ClH/c1-16-11(15)3-2-6-13-10(14)8-12-7-9-4-5-9;/h9,12H,2-8H2,1H3,(H,13,14);1H. The van der Waals surface area contributed by atoms with Crippen LogP contribution in [0.4, 0.5) is 0 Å². The first-order valence-corrected chi connectivity index (χ1v) is 5.76. The van der Waals surface area contributed by atoms with Gasteiger partial charge >= 0.3 is 5.97 Å². The third-order valence-electron chi connectivity index (χ3n) is 2.52. The highest BCUT2D eigenvalue weighted by molar-refractivity contribution is 5.85. The quantitative estimate of drug-likeness (QED) is 0.494. The van der Waals surface area contributed by atoms with Gasteiger partial charge in [0, 0.05) is 13.0 Å². The molecule has 0 spiro atoms. The van der Waals surface area contributed by atoms with Crippen LogP contribution >= 0.6 is 12.4 Å². The maximum absolute atomic E-state index is 11.3. The zero-order valence-electron chi connectivity index (χ0n) is 10.2. The molecule has 1 fully saturated rings. The molecule has 0 unspecified atom stereocenters. The normalized spacial score (nSPS) is 13.7. The first-order valence-electron chi connectivity index (χ1n) is 5.76. The van der Waals surface area contributed by atoms with E-state index in [-0.39, 0.29) is 24.3 Å². The minimum atomic E-state index is -0.235. The molecule has 1 amide bonds. The molecule has 0 aliphatic heterocycles. The van der Waals surface area contributed by atoms with Crippen molar-refractivity contribution in [2.45, 2.75) is 25.7 Å².